The summed E-state index contributed by atoms with van der Waals surface area (Å²) in [5.74, 6) is -0.775. The lowest BCUT2D eigenvalue weighted by Crippen LogP contribution is -2.32. The maximum Gasteiger partial charge on any atom is 0.258 e. The lowest BCUT2D eigenvalue weighted by molar-refractivity contribution is -0.114. The van der Waals surface area contributed by atoms with Gasteiger partial charge in [0.15, 0.2) is 0 Å². The molecule has 1 fully saturated rings. The first-order valence-electron chi connectivity index (χ1n) is 14.1. The van der Waals surface area contributed by atoms with Crippen LogP contribution in [0.25, 0.3) is 12.2 Å². The summed E-state index contributed by atoms with van der Waals surface area (Å²) in [6.07, 6.45) is 12.9. The Morgan fingerprint density at radius 3 is 2.48 bits per heavy atom. The van der Waals surface area contributed by atoms with Gasteiger partial charge in [-0.15, -0.1) is 0 Å². The molecular formula is C33H35FN4O2. The van der Waals surface area contributed by atoms with E-state index in [-0.39, 0.29) is 24.2 Å². The minimum atomic E-state index is -0.339. The van der Waals surface area contributed by atoms with E-state index in [9.17, 15) is 14.0 Å². The van der Waals surface area contributed by atoms with Crippen LogP contribution in [0.2, 0.25) is 0 Å². The molecule has 2 aliphatic rings. The molecule has 1 aromatic heterocycles. The van der Waals surface area contributed by atoms with Gasteiger partial charge in [-0.25, -0.2) is 4.39 Å². The van der Waals surface area contributed by atoms with E-state index in [1.807, 2.05) is 36.4 Å². The van der Waals surface area contributed by atoms with Crippen molar-refractivity contribution in [1.29, 1.82) is 0 Å². The zero-order valence-corrected chi connectivity index (χ0v) is 22.7. The fourth-order valence-corrected chi connectivity index (χ4v) is 5.17. The third-order valence-corrected chi connectivity index (χ3v) is 7.37. The van der Waals surface area contributed by atoms with Crippen LogP contribution in [-0.4, -0.2) is 47.9 Å². The Balaban J connectivity index is 1.35. The summed E-state index contributed by atoms with van der Waals surface area (Å²) >= 11 is 0. The third kappa shape index (κ3) is 7.10. The number of nitrogens with zero attached hydrogens (tertiary/aromatic N) is 3. The highest BCUT2D eigenvalue weighted by Gasteiger charge is 2.26. The first-order valence-corrected chi connectivity index (χ1v) is 14.1. The molecule has 0 radical (unpaired) electrons. The summed E-state index contributed by atoms with van der Waals surface area (Å²) < 4.78 is 13.6. The van der Waals surface area contributed by atoms with Crippen molar-refractivity contribution in [3.05, 3.63) is 107 Å². The summed E-state index contributed by atoms with van der Waals surface area (Å²) in [6, 6.07) is 17.4. The molecular weight excluding hydrogens is 503 g/mol. The second-order valence-corrected chi connectivity index (χ2v) is 10.4. The predicted molar refractivity (Wildman–Crippen MR) is 157 cm³/mol. The first-order chi connectivity index (χ1) is 19.6. The lowest BCUT2D eigenvalue weighted by Gasteiger charge is -2.24. The Morgan fingerprint density at radius 1 is 0.975 bits per heavy atom. The van der Waals surface area contributed by atoms with Gasteiger partial charge < -0.3 is 15.1 Å². The van der Waals surface area contributed by atoms with E-state index in [1.54, 1.807) is 41.4 Å². The zero-order chi connectivity index (χ0) is 27.7. The second kappa shape index (κ2) is 13.3. The van der Waals surface area contributed by atoms with Crippen molar-refractivity contribution in [1.82, 2.24) is 15.2 Å². The SMILES string of the molecule is O=C(NCCCN1CCCCCC1)c1cnc2c(c1)N(Cc1ccc(F)cc1)C(=O)C(=Cc1ccccc1)C=C2. The molecule has 0 aliphatic carbocycles. The molecule has 0 saturated carbocycles. The van der Waals surface area contributed by atoms with E-state index in [0.717, 1.165) is 37.2 Å². The van der Waals surface area contributed by atoms with Crippen LogP contribution in [0.5, 0.6) is 0 Å². The molecule has 3 aromatic rings. The van der Waals surface area contributed by atoms with Crippen LogP contribution in [0.15, 0.2) is 78.5 Å². The maximum absolute atomic E-state index is 13.9. The van der Waals surface area contributed by atoms with Crippen molar-refractivity contribution in [3.8, 4) is 0 Å². The lowest BCUT2D eigenvalue weighted by atomic mass is 10.1. The van der Waals surface area contributed by atoms with Crippen LogP contribution in [0.4, 0.5) is 10.1 Å². The van der Waals surface area contributed by atoms with Gasteiger partial charge in [-0.3, -0.25) is 14.6 Å². The highest BCUT2D eigenvalue weighted by atomic mass is 19.1. The van der Waals surface area contributed by atoms with Crippen molar-refractivity contribution in [2.45, 2.75) is 38.6 Å². The molecule has 1 N–H and O–H groups in total. The number of hydrogen-bond acceptors (Lipinski definition) is 4. The number of halogens is 1. The van der Waals surface area contributed by atoms with Crippen molar-refractivity contribution in [2.75, 3.05) is 31.1 Å². The summed E-state index contributed by atoms with van der Waals surface area (Å²) in [5.41, 5.74) is 3.69. The summed E-state index contributed by atoms with van der Waals surface area (Å²) in [6.45, 7) is 4.03. The van der Waals surface area contributed by atoms with Gasteiger partial charge >= 0.3 is 0 Å². The van der Waals surface area contributed by atoms with E-state index >= 15 is 0 Å². The Bertz CT molecular complexity index is 1380. The van der Waals surface area contributed by atoms with Crippen LogP contribution in [-0.2, 0) is 11.3 Å². The van der Waals surface area contributed by atoms with E-state index in [0.29, 0.717) is 29.1 Å². The third-order valence-electron chi connectivity index (χ3n) is 7.37. The molecule has 2 amide bonds. The fourth-order valence-electron chi connectivity index (χ4n) is 5.17. The highest BCUT2D eigenvalue weighted by molar-refractivity contribution is 6.13. The average molecular weight is 539 g/mol. The number of aromatic nitrogens is 1. The number of pyridine rings is 1. The minimum absolute atomic E-state index is 0.211. The quantitative estimate of drug-likeness (QED) is 0.288. The van der Waals surface area contributed by atoms with Crippen LogP contribution in [0.1, 0.15) is 59.3 Å². The molecule has 7 heteroatoms. The highest BCUT2D eigenvalue weighted by Crippen LogP contribution is 2.30. The second-order valence-electron chi connectivity index (χ2n) is 10.4. The molecule has 40 heavy (non-hydrogen) atoms. The number of carbonyl (C=O) groups excluding carboxylic acids is 2. The van der Waals surface area contributed by atoms with Crippen molar-refractivity contribution in [3.63, 3.8) is 0 Å². The molecule has 206 valence electrons. The number of carbonyl (C=O) groups is 2. The molecule has 0 spiro atoms. The Kier molecular flexibility index (Phi) is 9.14. The van der Waals surface area contributed by atoms with Crippen LogP contribution >= 0.6 is 0 Å². The van der Waals surface area contributed by atoms with Gasteiger partial charge in [0, 0.05) is 18.3 Å². The molecule has 0 unspecified atom stereocenters. The minimum Gasteiger partial charge on any atom is -0.352 e. The maximum atomic E-state index is 13.9. The van der Waals surface area contributed by atoms with Gasteiger partial charge in [0.2, 0.25) is 0 Å². The van der Waals surface area contributed by atoms with Crippen molar-refractivity contribution >= 4 is 29.7 Å². The largest absolute Gasteiger partial charge is 0.352 e. The number of benzene rings is 2. The average Bonchev–Trinajstić information content (AvgIpc) is 3.31. The predicted octanol–water partition coefficient (Wildman–Crippen LogP) is 5.86. The number of anilines is 1. The van der Waals surface area contributed by atoms with Crippen molar-refractivity contribution in [2.24, 2.45) is 0 Å². The zero-order valence-electron chi connectivity index (χ0n) is 22.7. The van der Waals surface area contributed by atoms with Gasteiger partial charge in [0.25, 0.3) is 11.8 Å². The monoisotopic (exact) mass is 538 g/mol. The summed E-state index contributed by atoms with van der Waals surface area (Å²) in [4.78, 5) is 35.6. The number of fused-ring (bicyclic) bond motifs is 1. The van der Waals surface area contributed by atoms with E-state index in [4.69, 9.17) is 0 Å². The Hall–Kier alpha value is -4.10. The standard InChI is InChI=1S/C33H35FN4O2/c34-29-14-11-26(12-15-29)24-38-31-22-28(32(39)35-17-8-20-37-18-6-1-2-7-19-37)23-36-30(31)16-13-27(33(38)40)21-25-9-4-3-5-10-25/h3-5,9-16,21-23H,1-2,6-8,17-20,24H2,(H,35,39). The normalized spacial score (nSPS) is 16.9. The number of rotatable bonds is 8. The number of hydrogen-bond donors (Lipinski definition) is 1. The molecule has 2 aromatic carbocycles. The van der Waals surface area contributed by atoms with Gasteiger partial charge in [-0.05, 0) is 86.5 Å². The van der Waals surface area contributed by atoms with E-state index in [1.165, 1.54) is 37.8 Å². The fraction of sp³-hybridized carbons (Fsp3) is 0.303. The Labute approximate surface area is 235 Å². The topological polar surface area (TPSA) is 65.5 Å². The molecule has 5 rings (SSSR count). The molecule has 2 aliphatic heterocycles. The van der Waals surface area contributed by atoms with Gasteiger partial charge in [0.05, 0.1) is 23.5 Å². The number of likely N-dealkylation sites (tertiary alicyclic amines) is 1. The number of nitrogens with one attached hydrogen (secondary N) is 1. The Morgan fingerprint density at radius 2 is 1.73 bits per heavy atom. The smallest absolute Gasteiger partial charge is 0.258 e. The van der Waals surface area contributed by atoms with Crippen LogP contribution in [0.3, 0.4) is 0 Å². The van der Waals surface area contributed by atoms with Gasteiger partial charge in [-0.2, -0.15) is 0 Å². The molecule has 6 nitrogen and oxygen atoms in total. The molecule has 0 bridgehead atoms. The van der Waals surface area contributed by atoms with Crippen molar-refractivity contribution < 1.29 is 14.0 Å². The van der Waals surface area contributed by atoms with Gasteiger partial charge in [-0.1, -0.05) is 55.3 Å². The summed E-state index contributed by atoms with van der Waals surface area (Å²) in [7, 11) is 0. The summed E-state index contributed by atoms with van der Waals surface area (Å²) in [5, 5.41) is 3.02. The molecule has 1 saturated heterocycles. The van der Waals surface area contributed by atoms with Crippen LogP contribution < -0.4 is 10.2 Å². The van der Waals surface area contributed by atoms with Gasteiger partial charge in [0.1, 0.15) is 5.82 Å². The van der Waals surface area contributed by atoms with E-state index < -0.39 is 0 Å². The molecule has 3 heterocycles. The first kappa shape index (κ1) is 27.5. The number of amides is 2. The molecule has 0 atom stereocenters. The van der Waals surface area contributed by atoms with E-state index in [2.05, 4.69) is 15.2 Å². The van der Waals surface area contributed by atoms with Crippen LogP contribution in [0, 0.1) is 5.82 Å².